The fourth-order valence-electron chi connectivity index (χ4n) is 4.09. The van der Waals surface area contributed by atoms with Crippen LogP contribution in [0.2, 0.25) is 5.02 Å². The lowest BCUT2D eigenvalue weighted by atomic mass is 9.72. The molecule has 6 heteroatoms. The lowest BCUT2D eigenvalue weighted by Gasteiger charge is -2.47. The van der Waals surface area contributed by atoms with E-state index in [1.54, 1.807) is 13.0 Å². The Labute approximate surface area is 153 Å². The average molecular weight is 369 g/mol. The van der Waals surface area contributed by atoms with Crippen molar-refractivity contribution < 1.29 is 14.3 Å². The Hall–Kier alpha value is -1.17. The quantitative estimate of drug-likeness (QED) is 0.888. The second-order valence-electron chi connectivity index (χ2n) is 7.64. The number of aliphatic hydroxyl groups is 1. The predicted molar refractivity (Wildman–Crippen MR) is 95.8 cm³/mol. The molecule has 0 unspecified atom stereocenters. The molecular formula is C19H26ClFN2O2. The van der Waals surface area contributed by atoms with Gasteiger partial charge >= 0.3 is 0 Å². The van der Waals surface area contributed by atoms with Crippen molar-refractivity contribution >= 4 is 17.5 Å². The third-order valence-electron chi connectivity index (χ3n) is 5.55. The largest absolute Gasteiger partial charge is 0.392 e. The van der Waals surface area contributed by atoms with Crippen LogP contribution in [0.25, 0.3) is 0 Å². The van der Waals surface area contributed by atoms with Crippen LogP contribution in [-0.2, 0) is 11.3 Å². The minimum Gasteiger partial charge on any atom is -0.392 e. The standard InChI is InChI=1S/C19H26ClFN2O2/c1-14(24)11-23-13-19(5-4-18(23)25)6-8-22(9-7-19)12-15-10-16(21)2-3-17(15)20/h2-3,10,14,24H,4-9,11-13H2,1H3/t14-/m1/s1. The lowest BCUT2D eigenvalue weighted by molar-refractivity contribution is -0.140. The maximum absolute atomic E-state index is 13.4. The number of halogens is 2. The molecule has 0 aliphatic carbocycles. The molecule has 2 aliphatic rings. The third-order valence-corrected chi connectivity index (χ3v) is 5.92. The molecule has 1 amide bonds. The number of piperidine rings is 2. The molecule has 0 aromatic heterocycles. The highest BCUT2D eigenvalue weighted by Gasteiger charge is 2.41. The Kier molecular flexibility index (Phi) is 5.66. The summed E-state index contributed by atoms with van der Waals surface area (Å²) in [6.07, 6.45) is 3.04. The van der Waals surface area contributed by atoms with Crippen molar-refractivity contribution in [3.8, 4) is 0 Å². The summed E-state index contributed by atoms with van der Waals surface area (Å²) in [6.45, 7) is 5.38. The van der Waals surface area contributed by atoms with Crippen LogP contribution in [0.3, 0.4) is 0 Å². The number of hydrogen-bond acceptors (Lipinski definition) is 3. The first-order valence-corrected chi connectivity index (χ1v) is 9.37. The number of benzene rings is 1. The molecule has 2 fully saturated rings. The predicted octanol–water partition coefficient (Wildman–Crippen LogP) is 3.06. The Morgan fingerprint density at radius 3 is 2.72 bits per heavy atom. The lowest BCUT2D eigenvalue weighted by Crippen LogP contribution is -2.52. The molecular weight excluding hydrogens is 343 g/mol. The van der Waals surface area contributed by atoms with Gasteiger partial charge < -0.3 is 10.0 Å². The molecule has 1 aromatic carbocycles. The van der Waals surface area contributed by atoms with Crippen LogP contribution in [0, 0.1) is 11.2 Å². The molecule has 138 valence electrons. The van der Waals surface area contributed by atoms with Gasteiger partial charge in [-0.3, -0.25) is 9.69 Å². The van der Waals surface area contributed by atoms with E-state index < -0.39 is 6.10 Å². The van der Waals surface area contributed by atoms with Crippen molar-refractivity contribution in [2.45, 2.75) is 45.3 Å². The zero-order valence-electron chi connectivity index (χ0n) is 14.7. The van der Waals surface area contributed by atoms with E-state index in [1.807, 2.05) is 4.90 Å². The van der Waals surface area contributed by atoms with Crippen LogP contribution in [0.5, 0.6) is 0 Å². The van der Waals surface area contributed by atoms with Gasteiger partial charge in [-0.05, 0) is 68.5 Å². The van der Waals surface area contributed by atoms with Gasteiger partial charge in [-0.1, -0.05) is 11.6 Å². The van der Waals surface area contributed by atoms with Gasteiger partial charge in [0.25, 0.3) is 0 Å². The minimum atomic E-state index is -0.491. The Morgan fingerprint density at radius 1 is 1.32 bits per heavy atom. The van der Waals surface area contributed by atoms with Crippen molar-refractivity contribution in [3.63, 3.8) is 0 Å². The van der Waals surface area contributed by atoms with Crippen LogP contribution in [0.4, 0.5) is 4.39 Å². The van der Waals surface area contributed by atoms with Gasteiger partial charge in [0.05, 0.1) is 6.10 Å². The summed E-state index contributed by atoms with van der Waals surface area (Å²) < 4.78 is 13.4. The number of carbonyl (C=O) groups is 1. The zero-order valence-corrected chi connectivity index (χ0v) is 15.4. The van der Waals surface area contributed by atoms with Crippen LogP contribution in [0.15, 0.2) is 18.2 Å². The molecule has 4 nitrogen and oxygen atoms in total. The molecule has 0 bridgehead atoms. The van der Waals surface area contributed by atoms with E-state index in [-0.39, 0.29) is 17.1 Å². The van der Waals surface area contributed by atoms with Gasteiger partial charge in [-0.2, -0.15) is 0 Å². The summed E-state index contributed by atoms with van der Waals surface area (Å²) in [5.41, 5.74) is 0.984. The first-order chi connectivity index (χ1) is 11.9. The Balaban J connectivity index is 1.59. The van der Waals surface area contributed by atoms with Gasteiger partial charge in [0, 0.05) is 31.1 Å². The molecule has 1 N–H and O–H groups in total. The first kappa shape index (κ1) is 18.6. The molecule has 1 atom stereocenters. The van der Waals surface area contributed by atoms with Crippen LogP contribution < -0.4 is 0 Å². The molecule has 2 saturated heterocycles. The van der Waals surface area contributed by atoms with Gasteiger partial charge in [-0.25, -0.2) is 4.39 Å². The Bertz CT molecular complexity index is 630. The molecule has 2 heterocycles. The maximum atomic E-state index is 13.4. The number of rotatable bonds is 4. The fourth-order valence-corrected chi connectivity index (χ4v) is 4.26. The van der Waals surface area contributed by atoms with E-state index in [2.05, 4.69) is 4.90 Å². The van der Waals surface area contributed by atoms with E-state index >= 15 is 0 Å². The van der Waals surface area contributed by atoms with Gasteiger partial charge in [-0.15, -0.1) is 0 Å². The second-order valence-corrected chi connectivity index (χ2v) is 8.04. The number of nitrogens with zero attached hydrogens (tertiary/aromatic N) is 2. The number of hydrogen-bond donors (Lipinski definition) is 1. The van der Waals surface area contributed by atoms with Crippen molar-refractivity contribution in [2.75, 3.05) is 26.2 Å². The molecule has 1 spiro atoms. The highest BCUT2D eigenvalue weighted by molar-refractivity contribution is 6.31. The van der Waals surface area contributed by atoms with Crippen LogP contribution in [0.1, 0.15) is 38.2 Å². The van der Waals surface area contributed by atoms with E-state index in [0.29, 0.717) is 24.5 Å². The SMILES string of the molecule is C[C@@H](O)CN1CC2(CCC1=O)CCN(Cc1cc(F)ccc1Cl)CC2. The topological polar surface area (TPSA) is 43.8 Å². The molecule has 0 saturated carbocycles. The van der Waals surface area contributed by atoms with E-state index in [9.17, 15) is 14.3 Å². The molecule has 25 heavy (non-hydrogen) atoms. The van der Waals surface area contributed by atoms with E-state index in [4.69, 9.17) is 11.6 Å². The Morgan fingerprint density at radius 2 is 2.04 bits per heavy atom. The van der Waals surface area contributed by atoms with Crippen molar-refractivity contribution in [2.24, 2.45) is 5.41 Å². The summed E-state index contributed by atoms with van der Waals surface area (Å²) in [7, 11) is 0. The number of likely N-dealkylation sites (tertiary alicyclic amines) is 2. The van der Waals surface area contributed by atoms with Crippen molar-refractivity contribution in [3.05, 3.63) is 34.6 Å². The average Bonchev–Trinajstić information content (AvgIpc) is 2.56. The normalized spacial score (nSPS) is 22.4. The fraction of sp³-hybridized carbons (Fsp3) is 0.632. The first-order valence-electron chi connectivity index (χ1n) is 8.99. The minimum absolute atomic E-state index is 0.153. The molecule has 1 aromatic rings. The number of aliphatic hydroxyl groups excluding tert-OH is 1. The van der Waals surface area contributed by atoms with Gasteiger partial charge in [0.1, 0.15) is 5.82 Å². The molecule has 3 rings (SSSR count). The van der Waals surface area contributed by atoms with E-state index in [0.717, 1.165) is 44.5 Å². The van der Waals surface area contributed by atoms with E-state index in [1.165, 1.54) is 12.1 Å². The highest BCUT2D eigenvalue weighted by atomic mass is 35.5. The second kappa shape index (κ2) is 7.60. The molecule has 0 radical (unpaired) electrons. The van der Waals surface area contributed by atoms with Crippen molar-refractivity contribution in [1.29, 1.82) is 0 Å². The summed E-state index contributed by atoms with van der Waals surface area (Å²) in [5, 5.41) is 10.2. The van der Waals surface area contributed by atoms with Crippen molar-refractivity contribution in [1.82, 2.24) is 9.80 Å². The van der Waals surface area contributed by atoms with Gasteiger partial charge in [0.15, 0.2) is 0 Å². The maximum Gasteiger partial charge on any atom is 0.222 e. The number of carbonyl (C=O) groups excluding carboxylic acids is 1. The zero-order chi connectivity index (χ0) is 18.0. The van der Waals surface area contributed by atoms with Crippen LogP contribution in [-0.4, -0.2) is 53.1 Å². The summed E-state index contributed by atoms with van der Waals surface area (Å²) in [4.78, 5) is 16.2. The summed E-state index contributed by atoms with van der Waals surface area (Å²) in [5.74, 6) is -0.104. The number of amides is 1. The summed E-state index contributed by atoms with van der Waals surface area (Å²) in [6, 6.07) is 4.50. The molecule has 2 aliphatic heterocycles. The monoisotopic (exact) mass is 368 g/mol. The number of β-amino-alcohol motifs (C(OH)–C–C–N with tert-alkyl or cyclic N) is 1. The smallest absolute Gasteiger partial charge is 0.222 e. The van der Waals surface area contributed by atoms with Crippen LogP contribution >= 0.6 is 11.6 Å². The summed E-state index contributed by atoms with van der Waals surface area (Å²) >= 11 is 6.18. The van der Waals surface area contributed by atoms with Gasteiger partial charge in [0.2, 0.25) is 5.91 Å². The third kappa shape index (κ3) is 4.52. The highest BCUT2D eigenvalue weighted by Crippen LogP contribution is 2.40.